The largest absolute Gasteiger partial charge is 0.413 e. The van der Waals surface area contributed by atoms with E-state index < -0.39 is 18.2 Å². The molecule has 0 amide bonds. The molecule has 1 aliphatic heterocycles. The van der Waals surface area contributed by atoms with Crippen molar-refractivity contribution in [3.63, 3.8) is 0 Å². The summed E-state index contributed by atoms with van der Waals surface area (Å²) in [5.41, 5.74) is 0. The Balaban J connectivity index is 1.87. The fourth-order valence-corrected chi connectivity index (χ4v) is 8.55. The van der Waals surface area contributed by atoms with E-state index in [-0.39, 0.29) is 24.2 Å². The van der Waals surface area contributed by atoms with Crippen LogP contribution in [0.2, 0.25) is 18.1 Å². The van der Waals surface area contributed by atoms with Crippen molar-refractivity contribution in [1.29, 1.82) is 0 Å². The van der Waals surface area contributed by atoms with Crippen LogP contribution in [0.1, 0.15) is 34.1 Å². The minimum atomic E-state index is -3.51. The zero-order valence-electron chi connectivity index (χ0n) is 16.1. The van der Waals surface area contributed by atoms with Crippen molar-refractivity contribution >= 4 is 18.2 Å². The molecule has 2 aliphatic rings. The normalized spacial score (nSPS) is 28.8. The molecule has 6 heteroatoms. The van der Waals surface area contributed by atoms with Gasteiger partial charge in [-0.15, -0.1) is 0 Å². The summed E-state index contributed by atoms with van der Waals surface area (Å²) in [4.78, 5) is 0.760. The average molecular weight is 395 g/mol. The topological polar surface area (TPSA) is 55.9 Å². The molecule has 1 aromatic rings. The predicted molar refractivity (Wildman–Crippen MR) is 106 cm³/mol. The second kappa shape index (κ2) is 7.58. The van der Waals surface area contributed by atoms with Crippen molar-refractivity contribution in [2.75, 3.05) is 0 Å². The van der Waals surface area contributed by atoms with Gasteiger partial charge >= 0.3 is 0 Å². The number of benzene rings is 1. The molecule has 1 fully saturated rings. The van der Waals surface area contributed by atoms with Crippen LogP contribution in [0.4, 0.5) is 0 Å². The van der Waals surface area contributed by atoms with Crippen LogP contribution >= 0.6 is 0 Å². The molecular weight excluding hydrogens is 364 g/mol. The van der Waals surface area contributed by atoms with Crippen molar-refractivity contribution in [3.05, 3.63) is 41.3 Å². The molecule has 1 heterocycles. The summed E-state index contributed by atoms with van der Waals surface area (Å²) in [6.07, 6.45) is 2.18. The second-order valence-corrected chi connectivity index (χ2v) is 14.1. The molecule has 1 saturated heterocycles. The van der Waals surface area contributed by atoms with Gasteiger partial charge in [0.2, 0.25) is 9.84 Å². The van der Waals surface area contributed by atoms with Crippen molar-refractivity contribution in [3.8, 4) is 0 Å². The Morgan fingerprint density at radius 2 is 1.73 bits per heavy atom. The maximum Gasteiger partial charge on any atom is 0.205 e. The first-order valence-corrected chi connectivity index (χ1v) is 13.7. The Kier molecular flexibility index (Phi) is 5.77. The van der Waals surface area contributed by atoms with Gasteiger partial charge in [0.15, 0.2) is 8.32 Å². The van der Waals surface area contributed by atoms with E-state index in [4.69, 9.17) is 9.16 Å². The van der Waals surface area contributed by atoms with Crippen LogP contribution < -0.4 is 0 Å². The number of rotatable bonds is 7. The maximum atomic E-state index is 13.1. The molecule has 1 aromatic carbocycles. The lowest BCUT2D eigenvalue weighted by molar-refractivity contribution is 0.113. The van der Waals surface area contributed by atoms with Gasteiger partial charge in [0.1, 0.15) is 6.10 Å². The van der Waals surface area contributed by atoms with Gasteiger partial charge < -0.3 is 9.16 Å². The summed E-state index contributed by atoms with van der Waals surface area (Å²) in [6, 6.07) is 11.9. The molecule has 4 nitrogen and oxygen atoms in total. The summed E-state index contributed by atoms with van der Waals surface area (Å²) in [5.74, 6) is 0.205. The van der Waals surface area contributed by atoms with Gasteiger partial charge in [-0.1, -0.05) is 52.0 Å². The van der Waals surface area contributed by atoms with Gasteiger partial charge in [-0.2, -0.15) is 0 Å². The Morgan fingerprint density at radius 1 is 1.12 bits per heavy atom. The number of sulfone groups is 1. The quantitative estimate of drug-likeness (QED) is 0.503. The van der Waals surface area contributed by atoms with Crippen molar-refractivity contribution < 1.29 is 17.6 Å². The van der Waals surface area contributed by atoms with Crippen molar-refractivity contribution in [1.82, 2.24) is 0 Å². The number of ether oxygens (including phenoxy) is 1. The number of hydrogen-bond acceptors (Lipinski definition) is 4. The standard InChI is InChI=1S/C20H30O4SSi/c1-5-26(6-2,7-3)24-17-13-14-18(20-19(23-20)15(17)4)25(21,22)16-11-9-8-10-12-16/h8-12,14-15,17,19-20H,5-7,13H2,1-4H3/t15-,17+,19+,20-/m0/s1. The minimum Gasteiger partial charge on any atom is -0.413 e. The minimum absolute atomic E-state index is 0.0417. The smallest absolute Gasteiger partial charge is 0.205 e. The third-order valence-corrected chi connectivity index (χ3v) is 12.7. The molecule has 26 heavy (non-hydrogen) atoms. The van der Waals surface area contributed by atoms with Gasteiger partial charge in [0.05, 0.1) is 22.0 Å². The fraction of sp³-hybridized carbons (Fsp3) is 0.600. The van der Waals surface area contributed by atoms with Crippen LogP contribution in [0.15, 0.2) is 46.2 Å². The van der Waals surface area contributed by atoms with Crippen LogP contribution in [0.3, 0.4) is 0 Å². The molecule has 4 atom stereocenters. The Hall–Kier alpha value is -0.953. The first kappa shape index (κ1) is 19.8. The maximum absolute atomic E-state index is 13.1. The molecule has 0 bridgehead atoms. The van der Waals surface area contributed by atoms with Crippen molar-refractivity contribution in [2.24, 2.45) is 5.92 Å². The SMILES string of the molecule is CC[Si](CC)(CC)O[C@@H]1CC=C(S(=O)(=O)c2ccccc2)[C@@H]2O[C@@H]2[C@H]1C. The molecular formula is C20H30O4SSi. The molecule has 0 radical (unpaired) electrons. The van der Waals surface area contributed by atoms with Gasteiger partial charge in [-0.25, -0.2) is 8.42 Å². The molecule has 1 aliphatic carbocycles. The summed E-state index contributed by atoms with van der Waals surface area (Å²) in [7, 11) is -5.25. The van der Waals surface area contributed by atoms with Gasteiger partial charge in [0.25, 0.3) is 0 Å². The summed E-state index contributed by atoms with van der Waals surface area (Å²) in [6.45, 7) is 8.80. The lowest BCUT2D eigenvalue weighted by Crippen LogP contribution is -2.42. The van der Waals surface area contributed by atoms with Crippen LogP contribution in [0.25, 0.3) is 0 Å². The second-order valence-electron chi connectivity index (χ2n) is 7.44. The predicted octanol–water partition coefficient (Wildman–Crippen LogP) is 4.54. The van der Waals surface area contributed by atoms with E-state index in [1.54, 1.807) is 24.3 Å². The van der Waals surface area contributed by atoms with Crippen LogP contribution in [0, 0.1) is 5.92 Å². The molecule has 0 aromatic heterocycles. The molecule has 3 rings (SSSR count). The van der Waals surface area contributed by atoms with Gasteiger partial charge in [-0.3, -0.25) is 0 Å². The van der Waals surface area contributed by atoms with E-state index in [2.05, 4.69) is 27.7 Å². The highest BCUT2D eigenvalue weighted by molar-refractivity contribution is 7.95. The van der Waals surface area contributed by atoms with E-state index in [0.29, 0.717) is 16.2 Å². The van der Waals surface area contributed by atoms with Crippen LogP contribution in [-0.2, 0) is 19.0 Å². The third-order valence-electron chi connectivity index (χ3n) is 6.16. The van der Waals surface area contributed by atoms with E-state index in [1.165, 1.54) is 0 Å². The molecule has 0 unspecified atom stereocenters. The third kappa shape index (κ3) is 3.57. The van der Waals surface area contributed by atoms with E-state index in [0.717, 1.165) is 18.1 Å². The Labute approximate surface area is 158 Å². The summed E-state index contributed by atoms with van der Waals surface area (Å²) in [5, 5.41) is 0. The number of fused-ring (bicyclic) bond motifs is 1. The number of hydrogen-bond donors (Lipinski definition) is 0. The Morgan fingerprint density at radius 3 is 2.31 bits per heavy atom. The van der Waals surface area contributed by atoms with E-state index in [1.807, 2.05) is 12.1 Å². The summed E-state index contributed by atoms with van der Waals surface area (Å²) < 4.78 is 38.7. The number of epoxide rings is 1. The first-order valence-electron chi connectivity index (χ1n) is 9.72. The highest BCUT2D eigenvalue weighted by Gasteiger charge is 2.53. The van der Waals surface area contributed by atoms with Crippen molar-refractivity contribution in [2.45, 2.75) is 75.5 Å². The fourth-order valence-electron chi connectivity index (χ4n) is 4.00. The Bertz CT molecular complexity index is 747. The van der Waals surface area contributed by atoms with Gasteiger partial charge in [0, 0.05) is 5.92 Å². The van der Waals surface area contributed by atoms with Crippen LogP contribution in [0.5, 0.6) is 0 Å². The molecule has 0 saturated carbocycles. The highest BCUT2D eigenvalue weighted by Crippen LogP contribution is 2.45. The molecule has 144 valence electrons. The van der Waals surface area contributed by atoms with Gasteiger partial charge in [-0.05, 0) is 36.7 Å². The van der Waals surface area contributed by atoms with E-state index in [9.17, 15) is 8.42 Å². The summed E-state index contributed by atoms with van der Waals surface area (Å²) >= 11 is 0. The zero-order chi connectivity index (χ0) is 18.9. The van der Waals surface area contributed by atoms with E-state index >= 15 is 0 Å². The molecule has 0 N–H and O–H groups in total. The average Bonchev–Trinajstić information content (AvgIpc) is 3.46. The lowest BCUT2D eigenvalue weighted by Gasteiger charge is -2.35. The first-order chi connectivity index (χ1) is 12.4. The molecule has 0 spiro atoms. The zero-order valence-corrected chi connectivity index (χ0v) is 18.0. The monoisotopic (exact) mass is 394 g/mol. The van der Waals surface area contributed by atoms with Crippen LogP contribution in [-0.4, -0.2) is 35.0 Å². The lowest BCUT2D eigenvalue weighted by atomic mass is 9.99. The highest BCUT2D eigenvalue weighted by atomic mass is 32.2.